The summed E-state index contributed by atoms with van der Waals surface area (Å²) in [6.07, 6.45) is 1.46. The molecule has 174 valence electrons. The molecular weight excluding hydrogens is 412 g/mol. The lowest BCUT2D eigenvalue weighted by atomic mass is 10.0. The summed E-state index contributed by atoms with van der Waals surface area (Å²) < 4.78 is 5.59. The first-order valence-electron chi connectivity index (χ1n) is 11.8. The molecule has 4 rings (SSSR count). The standard InChI is InChI=1S/C27H34N4O2/c1-20(2)24-9-7-22(8-10-24)17-30-11-13-31(14-12-30)18-26-29-25(19-33-26)27(32)28-16-23-6-4-5-21(3)15-23/h4-10,15,19-20H,11-14,16-18H2,1-3H3,(H,28,32). The Kier molecular flexibility index (Phi) is 7.57. The molecule has 0 bridgehead atoms. The van der Waals surface area contributed by atoms with E-state index in [1.807, 2.05) is 25.1 Å². The molecule has 2 aromatic carbocycles. The number of piperazine rings is 1. The van der Waals surface area contributed by atoms with Gasteiger partial charge in [-0.15, -0.1) is 0 Å². The van der Waals surface area contributed by atoms with Gasteiger partial charge in [-0.2, -0.15) is 0 Å². The van der Waals surface area contributed by atoms with Crippen molar-refractivity contribution in [1.29, 1.82) is 0 Å². The van der Waals surface area contributed by atoms with Gasteiger partial charge in [0.2, 0.25) is 5.89 Å². The van der Waals surface area contributed by atoms with Crippen LogP contribution in [0, 0.1) is 6.92 Å². The molecule has 33 heavy (non-hydrogen) atoms. The van der Waals surface area contributed by atoms with Crippen molar-refractivity contribution in [3.05, 3.63) is 88.6 Å². The number of amides is 1. The van der Waals surface area contributed by atoms with Crippen LogP contribution in [-0.2, 0) is 19.6 Å². The molecule has 0 unspecified atom stereocenters. The number of aromatic nitrogens is 1. The first-order valence-corrected chi connectivity index (χ1v) is 11.8. The lowest BCUT2D eigenvalue weighted by molar-refractivity contribution is 0.0945. The van der Waals surface area contributed by atoms with E-state index >= 15 is 0 Å². The second kappa shape index (κ2) is 10.8. The van der Waals surface area contributed by atoms with Gasteiger partial charge in [0, 0.05) is 39.3 Å². The van der Waals surface area contributed by atoms with E-state index in [4.69, 9.17) is 4.42 Å². The Bertz CT molecular complexity index is 1050. The molecule has 0 aliphatic carbocycles. The summed E-state index contributed by atoms with van der Waals surface area (Å²) in [5.74, 6) is 0.950. The number of oxazole rings is 1. The van der Waals surface area contributed by atoms with Crippen LogP contribution in [0.3, 0.4) is 0 Å². The number of carbonyl (C=O) groups excluding carboxylic acids is 1. The highest BCUT2D eigenvalue weighted by Gasteiger charge is 2.20. The van der Waals surface area contributed by atoms with Crippen molar-refractivity contribution in [3.63, 3.8) is 0 Å². The maximum Gasteiger partial charge on any atom is 0.273 e. The molecule has 0 saturated carbocycles. The monoisotopic (exact) mass is 446 g/mol. The van der Waals surface area contributed by atoms with Gasteiger partial charge in [-0.25, -0.2) is 4.98 Å². The van der Waals surface area contributed by atoms with E-state index in [2.05, 4.69) is 64.3 Å². The van der Waals surface area contributed by atoms with Gasteiger partial charge in [-0.3, -0.25) is 14.6 Å². The Labute approximate surface area is 196 Å². The van der Waals surface area contributed by atoms with Crippen molar-refractivity contribution in [1.82, 2.24) is 20.1 Å². The second-order valence-corrected chi connectivity index (χ2v) is 9.25. The van der Waals surface area contributed by atoms with E-state index in [1.54, 1.807) is 0 Å². The average molecular weight is 447 g/mol. The van der Waals surface area contributed by atoms with Gasteiger partial charge in [-0.1, -0.05) is 67.9 Å². The van der Waals surface area contributed by atoms with Crippen molar-refractivity contribution in [3.8, 4) is 0 Å². The van der Waals surface area contributed by atoms with Crippen molar-refractivity contribution in [2.24, 2.45) is 0 Å². The topological polar surface area (TPSA) is 61.6 Å². The summed E-state index contributed by atoms with van der Waals surface area (Å²) in [5.41, 5.74) is 5.33. The van der Waals surface area contributed by atoms with Crippen molar-refractivity contribution < 1.29 is 9.21 Å². The third-order valence-electron chi connectivity index (χ3n) is 6.20. The van der Waals surface area contributed by atoms with Gasteiger partial charge >= 0.3 is 0 Å². The molecule has 1 amide bonds. The lowest BCUT2D eigenvalue weighted by Gasteiger charge is -2.34. The first kappa shape index (κ1) is 23.2. The average Bonchev–Trinajstić information content (AvgIpc) is 3.28. The zero-order chi connectivity index (χ0) is 23.2. The highest BCUT2D eigenvalue weighted by Crippen LogP contribution is 2.17. The molecule has 1 aliphatic rings. The van der Waals surface area contributed by atoms with E-state index in [-0.39, 0.29) is 5.91 Å². The third kappa shape index (κ3) is 6.53. The fourth-order valence-corrected chi connectivity index (χ4v) is 4.15. The van der Waals surface area contributed by atoms with Crippen molar-refractivity contribution in [2.45, 2.75) is 46.3 Å². The molecule has 2 heterocycles. The quantitative estimate of drug-likeness (QED) is 0.557. The van der Waals surface area contributed by atoms with E-state index < -0.39 is 0 Å². The van der Waals surface area contributed by atoms with Gasteiger partial charge in [0.05, 0.1) is 6.54 Å². The minimum absolute atomic E-state index is 0.209. The minimum Gasteiger partial charge on any atom is -0.447 e. The van der Waals surface area contributed by atoms with E-state index in [0.29, 0.717) is 30.6 Å². The van der Waals surface area contributed by atoms with Crippen LogP contribution >= 0.6 is 0 Å². The van der Waals surface area contributed by atoms with Crippen molar-refractivity contribution >= 4 is 5.91 Å². The summed E-state index contributed by atoms with van der Waals surface area (Å²) in [4.78, 5) is 21.7. The van der Waals surface area contributed by atoms with Crippen LogP contribution < -0.4 is 5.32 Å². The van der Waals surface area contributed by atoms with Crippen LogP contribution in [0.25, 0.3) is 0 Å². The molecular formula is C27H34N4O2. The summed E-state index contributed by atoms with van der Waals surface area (Å²) in [6, 6.07) is 17.1. The molecule has 1 aromatic heterocycles. The van der Waals surface area contributed by atoms with Gasteiger partial charge in [0.15, 0.2) is 5.69 Å². The predicted molar refractivity (Wildman–Crippen MR) is 130 cm³/mol. The maximum atomic E-state index is 12.4. The number of nitrogens with one attached hydrogen (secondary N) is 1. The summed E-state index contributed by atoms with van der Waals surface area (Å²) >= 11 is 0. The van der Waals surface area contributed by atoms with E-state index in [1.165, 1.54) is 23.0 Å². The van der Waals surface area contributed by atoms with Gasteiger partial charge in [0.1, 0.15) is 6.26 Å². The number of benzene rings is 2. The molecule has 0 radical (unpaired) electrons. The van der Waals surface area contributed by atoms with Crippen LogP contribution in [0.5, 0.6) is 0 Å². The van der Waals surface area contributed by atoms with Gasteiger partial charge in [-0.05, 0) is 29.5 Å². The molecule has 1 saturated heterocycles. The fourth-order valence-electron chi connectivity index (χ4n) is 4.15. The Morgan fingerprint density at radius 3 is 2.36 bits per heavy atom. The highest BCUT2D eigenvalue weighted by atomic mass is 16.3. The second-order valence-electron chi connectivity index (χ2n) is 9.25. The number of hydrogen-bond acceptors (Lipinski definition) is 5. The number of rotatable bonds is 8. The predicted octanol–water partition coefficient (Wildman–Crippen LogP) is 4.35. The lowest BCUT2D eigenvalue weighted by Crippen LogP contribution is -2.45. The van der Waals surface area contributed by atoms with E-state index in [0.717, 1.165) is 38.3 Å². The summed E-state index contributed by atoms with van der Waals surface area (Å²) in [6.45, 7) is 12.5. The zero-order valence-electron chi connectivity index (χ0n) is 19.9. The van der Waals surface area contributed by atoms with Gasteiger partial charge < -0.3 is 9.73 Å². The van der Waals surface area contributed by atoms with Crippen LogP contribution in [0.15, 0.2) is 59.2 Å². The molecule has 0 spiro atoms. The Balaban J connectivity index is 1.21. The van der Waals surface area contributed by atoms with E-state index in [9.17, 15) is 4.79 Å². The number of hydrogen-bond donors (Lipinski definition) is 1. The fraction of sp³-hybridized carbons (Fsp3) is 0.407. The van der Waals surface area contributed by atoms with Crippen LogP contribution in [0.4, 0.5) is 0 Å². The molecule has 1 N–H and O–H groups in total. The third-order valence-corrected chi connectivity index (χ3v) is 6.20. The summed E-state index contributed by atoms with van der Waals surface area (Å²) in [7, 11) is 0. The number of nitrogens with zero attached hydrogens (tertiary/aromatic N) is 3. The Hall–Kier alpha value is -2.96. The number of carbonyl (C=O) groups is 1. The smallest absolute Gasteiger partial charge is 0.273 e. The van der Waals surface area contributed by atoms with Crippen LogP contribution in [0.2, 0.25) is 0 Å². The number of aryl methyl sites for hydroxylation is 1. The highest BCUT2D eigenvalue weighted by molar-refractivity contribution is 5.91. The summed E-state index contributed by atoms with van der Waals surface area (Å²) in [5, 5.41) is 2.92. The largest absolute Gasteiger partial charge is 0.447 e. The Morgan fingerprint density at radius 1 is 1.00 bits per heavy atom. The molecule has 3 aromatic rings. The molecule has 6 nitrogen and oxygen atoms in total. The van der Waals surface area contributed by atoms with Crippen LogP contribution in [-0.4, -0.2) is 46.9 Å². The maximum absolute atomic E-state index is 12.4. The normalized spacial score (nSPS) is 15.2. The van der Waals surface area contributed by atoms with Crippen LogP contribution in [0.1, 0.15) is 58.4 Å². The Morgan fingerprint density at radius 2 is 1.70 bits per heavy atom. The van der Waals surface area contributed by atoms with Gasteiger partial charge in [0.25, 0.3) is 5.91 Å². The first-order chi connectivity index (χ1) is 16.0. The molecule has 1 aliphatic heterocycles. The molecule has 1 fully saturated rings. The molecule has 6 heteroatoms. The SMILES string of the molecule is Cc1cccc(CNC(=O)c2coc(CN3CCN(Cc4ccc(C(C)C)cc4)CC3)n2)c1. The zero-order valence-corrected chi connectivity index (χ0v) is 19.9. The molecule has 0 atom stereocenters. The minimum atomic E-state index is -0.209. The van der Waals surface area contributed by atoms with Crippen molar-refractivity contribution in [2.75, 3.05) is 26.2 Å².